The molecular weight excluding hydrogens is 519 g/mol. The first-order valence-corrected chi connectivity index (χ1v) is 15.6. The normalized spacial score (nSPS) is 11.8. The predicted octanol–water partition coefficient (Wildman–Crippen LogP) is 4.96. The van der Waals surface area contributed by atoms with Crippen molar-refractivity contribution in [3.8, 4) is 27.6 Å². The second-order valence-electron chi connectivity index (χ2n) is 9.58. The molecule has 10 heteroatoms. The number of ether oxygens (including phenoxy) is 1. The van der Waals surface area contributed by atoms with Gasteiger partial charge in [-0.1, -0.05) is 6.07 Å². The van der Waals surface area contributed by atoms with Crippen LogP contribution in [0, 0.1) is 13.8 Å². The van der Waals surface area contributed by atoms with Gasteiger partial charge in [-0.05, 0) is 81.6 Å². The number of aromatic nitrogens is 4. The van der Waals surface area contributed by atoms with Crippen molar-refractivity contribution in [2.75, 3.05) is 20.4 Å². The molecule has 0 aliphatic heterocycles. The Hall–Kier alpha value is -3.68. The summed E-state index contributed by atoms with van der Waals surface area (Å²) in [6.45, 7) is 9.53. The van der Waals surface area contributed by atoms with Crippen molar-refractivity contribution < 1.29 is 9.30 Å². The van der Waals surface area contributed by atoms with Gasteiger partial charge in [0.25, 0.3) is 5.56 Å². The van der Waals surface area contributed by atoms with E-state index in [4.69, 9.17) is 4.74 Å². The Bertz CT molecular complexity index is 1860. The monoisotopic (exact) mass is 548 g/mol. The fourth-order valence-corrected chi connectivity index (χ4v) is 6.89. The van der Waals surface area contributed by atoms with Crippen LogP contribution < -0.4 is 21.3 Å². The van der Waals surface area contributed by atoms with Crippen molar-refractivity contribution in [3.05, 3.63) is 87.1 Å². The average molecular weight is 549 g/mol. The average Bonchev–Trinajstić information content (AvgIpc) is 3.47. The highest BCUT2D eigenvalue weighted by Crippen LogP contribution is 2.39. The summed E-state index contributed by atoms with van der Waals surface area (Å²) in [5, 5.41) is 1.21. The van der Waals surface area contributed by atoms with Gasteiger partial charge in [0, 0.05) is 22.9 Å². The molecule has 38 heavy (non-hydrogen) atoms. The molecule has 3 heterocycles. The number of benzene rings is 2. The Kier molecular flexibility index (Phi) is 6.53. The van der Waals surface area contributed by atoms with Gasteiger partial charge >= 0.3 is 5.69 Å². The number of rotatable bonds is 6. The molecule has 0 atom stereocenters. The van der Waals surface area contributed by atoms with Crippen molar-refractivity contribution in [2.24, 2.45) is 0 Å². The van der Waals surface area contributed by atoms with Gasteiger partial charge in [-0.3, -0.25) is 9.36 Å². The summed E-state index contributed by atoms with van der Waals surface area (Å²) in [7, 11) is -0.836. The third kappa shape index (κ3) is 4.25. The smallest absolute Gasteiger partial charge is 0.336 e. The lowest BCUT2D eigenvalue weighted by Crippen LogP contribution is -2.38. The molecule has 0 unspecified atom stereocenters. The molecule has 196 valence electrons. The van der Waals surface area contributed by atoms with E-state index < -0.39 is 12.8 Å². The van der Waals surface area contributed by atoms with Crippen molar-refractivity contribution in [2.45, 2.75) is 27.3 Å². The minimum Gasteiger partial charge on any atom is -0.495 e. The SMILES string of the molecule is CCn1c(=O)n(-c2ccc(P(C)(C)=O)cc2)c(=O)c2c(C)c(-c3ccc(-n4cnc(C)c4)c(OC)c3)sc21. The molecule has 3 aromatic heterocycles. The third-order valence-corrected chi connectivity index (χ3v) is 9.60. The zero-order valence-corrected chi connectivity index (χ0v) is 23.9. The first kappa shape index (κ1) is 25.9. The second kappa shape index (κ2) is 9.57. The molecule has 0 N–H and O–H groups in total. The molecule has 0 aliphatic rings. The molecule has 0 spiro atoms. The number of nitrogens with zero attached hydrogens (tertiary/aromatic N) is 4. The van der Waals surface area contributed by atoms with Gasteiger partial charge in [0.2, 0.25) is 0 Å². The van der Waals surface area contributed by atoms with E-state index in [-0.39, 0.29) is 5.56 Å². The van der Waals surface area contributed by atoms with Gasteiger partial charge in [-0.15, -0.1) is 11.3 Å². The molecule has 5 rings (SSSR count). The summed E-state index contributed by atoms with van der Waals surface area (Å²) >= 11 is 1.43. The standard InChI is InChI=1S/C28H29N4O4PS/c1-7-31-27-24(26(33)32(28(31)34)20-9-11-21(12-10-20)37(5,6)35)18(3)25(38-27)19-8-13-22(23(14-19)36-4)30-15-17(2)29-16-30/h8-16H,7H2,1-6H3. The van der Waals surface area contributed by atoms with Crippen LogP contribution in [0.15, 0.2) is 64.6 Å². The highest BCUT2D eigenvalue weighted by Gasteiger charge is 2.22. The summed E-state index contributed by atoms with van der Waals surface area (Å²) in [4.78, 5) is 33.2. The molecule has 0 fully saturated rings. The minimum atomic E-state index is -2.46. The van der Waals surface area contributed by atoms with Crippen LogP contribution in [-0.2, 0) is 11.1 Å². The van der Waals surface area contributed by atoms with Crippen LogP contribution in [-0.4, -0.2) is 39.1 Å². The number of methoxy groups -OCH3 is 1. The second-order valence-corrected chi connectivity index (χ2v) is 13.8. The van der Waals surface area contributed by atoms with Crippen LogP contribution in [0.4, 0.5) is 0 Å². The number of fused-ring (bicyclic) bond motifs is 1. The Morgan fingerprint density at radius 3 is 2.34 bits per heavy atom. The number of thiophene rings is 1. The van der Waals surface area contributed by atoms with E-state index in [1.165, 1.54) is 15.9 Å². The molecule has 0 saturated carbocycles. The fourth-order valence-electron chi connectivity index (χ4n) is 4.67. The van der Waals surface area contributed by atoms with Crippen molar-refractivity contribution in [1.82, 2.24) is 18.7 Å². The predicted molar refractivity (Wildman–Crippen MR) is 155 cm³/mol. The van der Waals surface area contributed by atoms with Crippen molar-refractivity contribution in [1.29, 1.82) is 0 Å². The van der Waals surface area contributed by atoms with Crippen LogP contribution in [0.1, 0.15) is 18.2 Å². The van der Waals surface area contributed by atoms with Gasteiger partial charge in [0.15, 0.2) is 0 Å². The van der Waals surface area contributed by atoms with Crippen LogP contribution >= 0.6 is 18.5 Å². The number of aryl methyl sites for hydroxylation is 3. The topological polar surface area (TPSA) is 88.1 Å². The molecular formula is C28H29N4O4PS. The van der Waals surface area contributed by atoms with E-state index in [0.717, 1.165) is 27.4 Å². The van der Waals surface area contributed by atoms with E-state index in [1.54, 1.807) is 55.6 Å². The van der Waals surface area contributed by atoms with E-state index in [1.807, 2.05) is 49.7 Å². The lowest BCUT2D eigenvalue weighted by Gasteiger charge is -2.12. The van der Waals surface area contributed by atoms with Gasteiger partial charge in [-0.2, -0.15) is 0 Å². The molecule has 8 nitrogen and oxygen atoms in total. The molecule has 0 aliphatic carbocycles. The van der Waals surface area contributed by atoms with Gasteiger partial charge < -0.3 is 13.9 Å². The summed E-state index contributed by atoms with van der Waals surface area (Å²) in [6.07, 6.45) is 3.67. The van der Waals surface area contributed by atoms with Crippen LogP contribution in [0.25, 0.3) is 32.0 Å². The maximum atomic E-state index is 13.8. The van der Waals surface area contributed by atoms with E-state index in [9.17, 15) is 14.2 Å². The largest absolute Gasteiger partial charge is 0.495 e. The number of hydrogen-bond donors (Lipinski definition) is 0. The summed E-state index contributed by atoms with van der Waals surface area (Å²) in [5.41, 5.74) is 3.15. The zero-order chi connectivity index (χ0) is 27.4. The summed E-state index contributed by atoms with van der Waals surface area (Å²) in [6, 6.07) is 12.7. The highest BCUT2D eigenvalue weighted by atomic mass is 32.1. The quantitative estimate of drug-likeness (QED) is 0.280. The first-order chi connectivity index (χ1) is 18.0. The molecule has 0 saturated heterocycles. The Balaban J connectivity index is 1.71. The molecule has 0 radical (unpaired) electrons. The maximum absolute atomic E-state index is 13.8. The summed E-state index contributed by atoms with van der Waals surface area (Å²) < 4.78 is 22.9. The number of hydrogen-bond acceptors (Lipinski definition) is 6. The zero-order valence-electron chi connectivity index (χ0n) is 22.2. The Labute approximate surface area is 224 Å². The molecule has 5 aromatic rings. The Morgan fingerprint density at radius 2 is 1.76 bits per heavy atom. The first-order valence-electron chi connectivity index (χ1n) is 12.2. The van der Waals surface area contributed by atoms with E-state index >= 15 is 0 Å². The Morgan fingerprint density at radius 1 is 1.05 bits per heavy atom. The molecule has 2 aromatic carbocycles. The lowest BCUT2D eigenvalue weighted by molar-refractivity contribution is 0.413. The highest BCUT2D eigenvalue weighted by molar-refractivity contribution is 7.70. The lowest BCUT2D eigenvalue weighted by atomic mass is 10.1. The van der Waals surface area contributed by atoms with E-state index in [2.05, 4.69) is 4.98 Å². The van der Waals surface area contributed by atoms with Crippen molar-refractivity contribution >= 4 is 34.0 Å². The third-order valence-electron chi connectivity index (χ3n) is 6.69. The van der Waals surface area contributed by atoms with Gasteiger partial charge in [-0.25, -0.2) is 14.3 Å². The minimum absolute atomic E-state index is 0.365. The molecule has 0 bridgehead atoms. The summed E-state index contributed by atoms with van der Waals surface area (Å²) in [5.74, 6) is 0.672. The van der Waals surface area contributed by atoms with Crippen LogP contribution in [0.2, 0.25) is 0 Å². The fraction of sp³-hybridized carbons (Fsp3) is 0.250. The van der Waals surface area contributed by atoms with E-state index in [0.29, 0.717) is 33.5 Å². The van der Waals surface area contributed by atoms with Crippen LogP contribution in [0.3, 0.4) is 0 Å². The van der Waals surface area contributed by atoms with Crippen molar-refractivity contribution in [3.63, 3.8) is 0 Å². The van der Waals surface area contributed by atoms with Crippen LogP contribution in [0.5, 0.6) is 5.75 Å². The molecule has 0 amide bonds. The van der Waals surface area contributed by atoms with Gasteiger partial charge in [0.05, 0.1) is 35.9 Å². The van der Waals surface area contributed by atoms with Gasteiger partial charge in [0.1, 0.15) is 17.7 Å². The number of imidazole rings is 1. The maximum Gasteiger partial charge on any atom is 0.336 e.